The van der Waals surface area contributed by atoms with Gasteiger partial charge in [0.05, 0.1) is 10.7 Å². The molecule has 0 aliphatic carbocycles. The highest BCUT2D eigenvalue weighted by Gasteiger charge is 2.16. The number of furan rings is 1. The van der Waals surface area contributed by atoms with Gasteiger partial charge >= 0.3 is 0 Å². The SMILES string of the molecule is Cc1cc(CC(C)NC(=O)c2ccc(-c3ccccc3Cl)o2)n[nH]1. The lowest BCUT2D eigenvalue weighted by molar-refractivity contribution is 0.0913. The molecule has 0 aliphatic heterocycles. The van der Waals surface area contributed by atoms with E-state index in [1.165, 1.54) is 0 Å². The minimum atomic E-state index is -0.256. The van der Waals surface area contributed by atoms with E-state index >= 15 is 0 Å². The van der Waals surface area contributed by atoms with Crippen molar-refractivity contribution in [3.05, 3.63) is 64.6 Å². The Labute approximate surface area is 145 Å². The molecule has 5 nitrogen and oxygen atoms in total. The molecular weight excluding hydrogens is 326 g/mol. The van der Waals surface area contributed by atoms with Crippen LogP contribution in [0, 0.1) is 6.92 Å². The molecule has 0 saturated heterocycles. The summed E-state index contributed by atoms with van der Waals surface area (Å²) >= 11 is 6.15. The van der Waals surface area contributed by atoms with Crippen LogP contribution < -0.4 is 5.32 Å². The van der Waals surface area contributed by atoms with Crippen LogP contribution in [0.3, 0.4) is 0 Å². The van der Waals surface area contributed by atoms with Gasteiger partial charge in [-0.3, -0.25) is 9.89 Å². The molecule has 0 saturated carbocycles. The van der Waals surface area contributed by atoms with Crippen molar-refractivity contribution in [1.29, 1.82) is 0 Å². The molecule has 1 atom stereocenters. The number of aryl methyl sites for hydroxylation is 1. The molecule has 2 aromatic heterocycles. The molecule has 1 aromatic carbocycles. The van der Waals surface area contributed by atoms with Crippen molar-refractivity contribution >= 4 is 17.5 Å². The van der Waals surface area contributed by atoms with Gasteiger partial charge in [0.2, 0.25) is 0 Å². The standard InChI is InChI=1S/C18H18ClN3O2/c1-11(9-13-10-12(2)21-22-13)20-18(23)17-8-7-16(24-17)14-5-3-4-6-15(14)19/h3-8,10-11H,9H2,1-2H3,(H,20,23)(H,21,22). The van der Waals surface area contributed by atoms with Crippen LogP contribution >= 0.6 is 11.6 Å². The lowest BCUT2D eigenvalue weighted by Crippen LogP contribution is -2.33. The fraction of sp³-hybridized carbons (Fsp3) is 0.222. The summed E-state index contributed by atoms with van der Waals surface area (Å²) in [5.74, 6) is 0.573. The van der Waals surface area contributed by atoms with E-state index in [9.17, 15) is 4.79 Å². The second-order valence-corrected chi connectivity index (χ2v) is 6.17. The zero-order valence-electron chi connectivity index (χ0n) is 13.5. The predicted molar refractivity (Wildman–Crippen MR) is 93.1 cm³/mol. The molecule has 3 aromatic rings. The first-order valence-corrected chi connectivity index (χ1v) is 8.07. The normalized spacial score (nSPS) is 12.1. The number of hydrogen-bond acceptors (Lipinski definition) is 3. The van der Waals surface area contributed by atoms with Crippen molar-refractivity contribution in [2.24, 2.45) is 0 Å². The summed E-state index contributed by atoms with van der Waals surface area (Å²) < 4.78 is 5.65. The quantitative estimate of drug-likeness (QED) is 0.735. The monoisotopic (exact) mass is 343 g/mol. The Bertz CT molecular complexity index is 853. The summed E-state index contributed by atoms with van der Waals surface area (Å²) in [4.78, 5) is 12.3. The van der Waals surface area contributed by atoms with Crippen molar-refractivity contribution < 1.29 is 9.21 Å². The van der Waals surface area contributed by atoms with Crippen molar-refractivity contribution in [3.8, 4) is 11.3 Å². The van der Waals surface area contributed by atoms with E-state index in [0.717, 1.165) is 17.0 Å². The van der Waals surface area contributed by atoms with Crippen molar-refractivity contribution in [1.82, 2.24) is 15.5 Å². The predicted octanol–water partition coefficient (Wildman–Crippen LogP) is 3.99. The summed E-state index contributed by atoms with van der Waals surface area (Å²) in [6.45, 7) is 3.87. The maximum absolute atomic E-state index is 12.3. The number of nitrogens with one attached hydrogen (secondary N) is 2. The second-order valence-electron chi connectivity index (χ2n) is 5.76. The van der Waals surface area contributed by atoms with Gasteiger partial charge in [-0.1, -0.05) is 23.7 Å². The number of amides is 1. The van der Waals surface area contributed by atoms with Crippen LogP contribution in [0.1, 0.15) is 28.9 Å². The molecule has 3 rings (SSSR count). The smallest absolute Gasteiger partial charge is 0.287 e. The molecule has 0 bridgehead atoms. The molecule has 2 N–H and O–H groups in total. The summed E-state index contributed by atoms with van der Waals surface area (Å²) in [6.07, 6.45) is 0.647. The third-order valence-electron chi connectivity index (χ3n) is 3.62. The maximum Gasteiger partial charge on any atom is 0.287 e. The van der Waals surface area contributed by atoms with Crippen LogP contribution in [0.5, 0.6) is 0 Å². The highest BCUT2D eigenvalue weighted by Crippen LogP contribution is 2.29. The van der Waals surface area contributed by atoms with Crippen LogP contribution in [0.25, 0.3) is 11.3 Å². The molecule has 0 fully saturated rings. The van der Waals surface area contributed by atoms with Gasteiger partial charge < -0.3 is 9.73 Å². The average molecular weight is 344 g/mol. The topological polar surface area (TPSA) is 70.9 Å². The third kappa shape index (κ3) is 3.68. The third-order valence-corrected chi connectivity index (χ3v) is 3.95. The second kappa shape index (κ2) is 6.93. The molecule has 6 heteroatoms. The van der Waals surface area contributed by atoms with Gasteiger partial charge in [0, 0.05) is 23.7 Å². The minimum absolute atomic E-state index is 0.0611. The molecular formula is C18H18ClN3O2. The van der Waals surface area contributed by atoms with Crippen molar-refractivity contribution in [3.63, 3.8) is 0 Å². The van der Waals surface area contributed by atoms with Gasteiger partial charge in [0.1, 0.15) is 5.76 Å². The Morgan fingerprint density at radius 1 is 1.33 bits per heavy atom. The zero-order valence-corrected chi connectivity index (χ0v) is 14.2. The lowest BCUT2D eigenvalue weighted by Gasteiger charge is -2.11. The van der Waals surface area contributed by atoms with E-state index in [1.54, 1.807) is 18.2 Å². The number of H-pyrrole nitrogens is 1. The highest BCUT2D eigenvalue weighted by molar-refractivity contribution is 6.33. The fourth-order valence-electron chi connectivity index (χ4n) is 2.50. The number of carbonyl (C=O) groups excluding carboxylic acids is 1. The first kappa shape index (κ1) is 16.3. The summed E-state index contributed by atoms with van der Waals surface area (Å²) in [7, 11) is 0. The van der Waals surface area contributed by atoms with Crippen LogP contribution in [0.15, 0.2) is 46.9 Å². The number of rotatable bonds is 5. The number of nitrogens with zero attached hydrogens (tertiary/aromatic N) is 1. The van der Waals surface area contributed by atoms with Gasteiger partial charge in [0.25, 0.3) is 5.91 Å². The molecule has 0 radical (unpaired) electrons. The fourth-order valence-corrected chi connectivity index (χ4v) is 2.73. The average Bonchev–Trinajstić information content (AvgIpc) is 3.17. The molecule has 124 valence electrons. The minimum Gasteiger partial charge on any atom is -0.451 e. The van der Waals surface area contributed by atoms with E-state index in [4.69, 9.17) is 16.0 Å². The number of hydrogen-bond donors (Lipinski definition) is 2. The number of benzene rings is 1. The van der Waals surface area contributed by atoms with E-state index in [0.29, 0.717) is 17.2 Å². The van der Waals surface area contributed by atoms with E-state index in [2.05, 4.69) is 15.5 Å². The van der Waals surface area contributed by atoms with Crippen LogP contribution in [-0.4, -0.2) is 22.1 Å². The molecule has 2 heterocycles. The lowest BCUT2D eigenvalue weighted by atomic mass is 10.1. The van der Waals surface area contributed by atoms with Crippen LogP contribution in [-0.2, 0) is 6.42 Å². The number of aromatic nitrogens is 2. The zero-order chi connectivity index (χ0) is 17.1. The summed E-state index contributed by atoms with van der Waals surface area (Å²) in [5.41, 5.74) is 2.67. The van der Waals surface area contributed by atoms with Crippen LogP contribution in [0.4, 0.5) is 0 Å². The van der Waals surface area contributed by atoms with E-state index in [1.807, 2.05) is 38.1 Å². The van der Waals surface area contributed by atoms with Crippen LogP contribution in [0.2, 0.25) is 5.02 Å². The molecule has 24 heavy (non-hydrogen) atoms. The first-order chi connectivity index (χ1) is 11.5. The summed E-state index contributed by atoms with van der Waals surface area (Å²) in [6, 6.07) is 12.7. The first-order valence-electron chi connectivity index (χ1n) is 7.69. The van der Waals surface area contributed by atoms with Gasteiger partial charge in [-0.25, -0.2) is 0 Å². The Balaban J connectivity index is 1.66. The Hall–Kier alpha value is -2.53. The Morgan fingerprint density at radius 3 is 2.83 bits per heavy atom. The van der Waals surface area contributed by atoms with Gasteiger partial charge in [0.15, 0.2) is 5.76 Å². The Kier molecular flexibility index (Phi) is 4.71. The molecule has 0 aliphatic rings. The van der Waals surface area contributed by atoms with E-state index < -0.39 is 0 Å². The van der Waals surface area contributed by atoms with Gasteiger partial charge in [-0.05, 0) is 44.2 Å². The van der Waals surface area contributed by atoms with Gasteiger partial charge in [-0.2, -0.15) is 5.10 Å². The summed E-state index contributed by atoms with van der Waals surface area (Å²) in [5, 5.41) is 10.6. The molecule has 1 unspecified atom stereocenters. The van der Waals surface area contributed by atoms with Crippen molar-refractivity contribution in [2.45, 2.75) is 26.3 Å². The van der Waals surface area contributed by atoms with E-state index in [-0.39, 0.29) is 17.7 Å². The highest BCUT2D eigenvalue weighted by atomic mass is 35.5. The maximum atomic E-state index is 12.3. The van der Waals surface area contributed by atoms with Gasteiger partial charge in [-0.15, -0.1) is 0 Å². The molecule has 1 amide bonds. The largest absolute Gasteiger partial charge is 0.451 e. The molecule has 0 spiro atoms. The Morgan fingerprint density at radius 2 is 2.12 bits per heavy atom. The van der Waals surface area contributed by atoms with Crippen molar-refractivity contribution in [2.75, 3.05) is 0 Å². The number of carbonyl (C=O) groups is 1. The number of halogens is 1. The number of aromatic amines is 1.